The predicted octanol–water partition coefficient (Wildman–Crippen LogP) is 2.41. The van der Waals surface area contributed by atoms with Crippen molar-refractivity contribution in [1.82, 2.24) is 4.90 Å². The third-order valence-corrected chi connectivity index (χ3v) is 4.16. The van der Waals surface area contributed by atoms with Gasteiger partial charge < -0.3 is 14.5 Å². The topological polar surface area (TPSA) is 15.7 Å². The lowest BCUT2D eigenvalue weighted by Gasteiger charge is -2.33. The second-order valence-corrected chi connectivity index (χ2v) is 6.15. The number of ether oxygens (including phenoxy) is 1. The van der Waals surface area contributed by atoms with Crippen molar-refractivity contribution in [3.05, 3.63) is 29.8 Å². The van der Waals surface area contributed by atoms with E-state index in [0.29, 0.717) is 0 Å². The van der Waals surface area contributed by atoms with Crippen LogP contribution in [0.1, 0.15) is 19.4 Å². The van der Waals surface area contributed by atoms with E-state index in [9.17, 15) is 0 Å². The van der Waals surface area contributed by atoms with Crippen LogP contribution < -0.4 is 4.90 Å². The van der Waals surface area contributed by atoms with Gasteiger partial charge in [-0.15, -0.1) is 0 Å². The largest absolute Gasteiger partial charge is 0.378 e. The number of rotatable bonds is 4. The Morgan fingerprint density at radius 3 is 2.21 bits per heavy atom. The molecule has 0 amide bonds. The molecule has 0 N–H and O–H groups in total. The first-order chi connectivity index (χ1) is 8.99. The van der Waals surface area contributed by atoms with Crippen molar-refractivity contribution in [3.8, 4) is 0 Å². The molecule has 0 bridgehead atoms. The molecule has 1 fully saturated rings. The summed E-state index contributed by atoms with van der Waals surface area (Å²) in [6, 6.07) is 9.00. The summed E-state index contributed by atoms with van der Waals surface area (Å²) in [7, 11) is 4.28. The maximum atomic E-state index is 5.39. The van der Waals surface area contributed by atoms with Gasteiger partial charge in [-0.25, -0.2) is 0 Å². The molecule has 1 aliphatic heterocycles. The fourth-order valence-electron chi connectivity index (χ4n) is 2.30. The zero-order valence-corrected chi connectivity index (χ0v) is 12.6. The van der Waals surface area contributed by atoms with Gasteiger partial charge in [0.2, 0.25) is 0 Å². The summed E-state index contributed by atoms with van der Waals surface area (Å²) in [5.74, 6) is 0. The smallest absolute Gasteiger partial charge is 0.0642 e. The second-order valence-electron chi connectivity index (χ2n) is 6.15. The van der Waals surface area contributed by atoms with Gasteiger partial charge in [0.05, 0.1) is 13.2 Å². The predicted molar refractivity (Wildman–Crippen MR) is 80.9 cm³/mol. The lowest BCUT2D eigenvalue weighted by Crippen LogP contribution is -2.40. The molecule has 0 unspecified atom stereocenters. The van der Waals surface area contributed by atoms with Gasteiger partial charge in [0, 0.05) is 24.3 Å². The quantitative estimate of drug-likeness (QED) is 0.829. The average molecular weight is 262 g/mol. The highest BCUT2D eigenvalue weighted by atomic mass is 16.5. The first-order valence-electron chi connectivity index (χ1n) is 7.08. The zero-order valence-electron chi connectivity index (χ0n) is 12.6. The summed E-state index contributed by atoms with van der Waals surface area (Å²) in [6.45, 7) is 8.25. The fourth-order valence-corrected chi connectivity index (χ4v) is 2.30. The van der Waals surface area contributed by atoms with Gasteiger partial charge in [-0.2, -0.15) is 0 Å². The molecule has 0 aliphatic carbocycles. The van der Waals surface area contributed by atoms with Crippen molar-refractivity contribution < 1.29 is 4.74 Å². The van der Waals surface area contributed by atoms with E-state index in [-0.39, 0.29) is 5.54 Å². The molecule has 0 atom stereocenters. The monoisotopic (exact) mass is 262 g/mol. The molecule has 2 rings (SSSR count). The third kappa shape index (κ3) is 3.71. The van der Waals surface area contributed by atoms with E-state index in [1.807, 2.05) is 0 Å². The van der Waals surface area contributed by atoms with Crippen molar-refractivity contribution in [2.75, 3.05) is 45.3 Å². The highest BCUT2D eigenvalue weighted by molar-refractivity contribution is 5.48. The molecular weight excluding hydrogens is 236 g/mol. The number of anilines is 1. The van der Waals surface area contributed by atoms with E-state index in [2.05, 4.69) is 62.0 Å². The van der Waals surface area contributed by atoms with Crippen LogP contribution in [0.15, 0.2) is 24.3 Å². The van der Waals surface area contributed by atoms with Gasteiger partial charge in [0.15, 0.2) is 0 Å². The van der Waals surface area contributed by atoms with Crippen LogP contribution in [-0.2, 0) is 11.2 Å². The molecule has 3 heteroatoms. The van der Waals surface area contributed by atoms with Gasteiger partial charge in [0.1, 0.15) is 0 Å². The Bertz CT molecular complexity index is 392. The molecule has 1 heterocycles. The van der Waals surface area contributed by atoms with Crippen molar-refractivity contribution in [1.29, 1.82) is 0 Å². The Hall–Kier alpha value is -1.06. The summed E-state index contributed by atoms with van der Waals surface area (Å²) in [5.41, 5.74) is 2.91. The van der Waals surface area contributed by atoms with Crippen LogP contribution in [0.5, 0.6) is 0 Å². The van der Waals surface area contributed by atoms with Crippen LogP contribution in [0.2, 0.25) is 0 Å². The van der Waals surface area contributed by atoms with E-state index >= 15 is 0 Å². The summed E-state index contributed by atoms with van der Waals surface area (Å²) in [4.78, 5) is 4.67. The van der Waals surface area contributed by atoms with Crippen molar-refractivity contribution in [2.24, 2.45) is 0 Å². The molecule has 0 spiro atoms. The van der Waals surface area contributed by atoms with Crippen LogP contribution in [-0.4, -0.2) is 50.8 Å². The first-order valence-corrected chi connectivity index (χ1v) is 7.08. The van der Waals surface area contributed by atoms with Gasteiger partial charge in [-0.05, 0) is 52.1 Å². The van der Waals surface area contributed by atoms with Crippen LogP contribution in [0.3, 0.4) is 0 Å². The number of nitrogens with zero attached hydrogens (tertiary/aromatic N) is 2. The summed E-state index contributed by atoms with van der Waals surface area (Å²) < 4.78 is 5.39. The van der Waals surface area contributed by atoms with Gasteiger partial charge in [-0.3, -0.25) is 0 Å². The summed E-state index contributed by atoms with van der Waals surface area (Å²) in [6.07, 6.45) is 1.07. The molecular formula is C16H26N2O. The lowest BCUT2D eigenvalue weighted by molar-refractivity contribution is 0.122. The van der Waals surface area contributed by atoms with Crippen LogP contribution >= 0.6 is 0 Å². The van der Waals surface area contributed by atoms with Crippen LogP contribution in [0.25, 0.3) is 0 Å². The Morgan fingerprint density at radius 2 is 1.68 bits per heavy atom. The minimum atomic E-state index is 0.195. The first kappa shape index (κ1) is 14.4. The van der Waals surface area contributed by atoms with Gasteiger partial charge in [-0.1, -0.05) is 12.1 Å². The summed E-state index contributed by atoms with van der Waals surface area (Å²) in [5, 5.41) is 0. The van der Waals surface area contributed by atoms with Crippen molar-refractivity contribution in [2.45, 2.75) is 25.8 Å². The number of morpholine rings is 1. The SMILES string of the molecule is CN(C)C(C)(C)Cc1ccc(N2CCOCC2)cc1. The minimum absolute atomic E-state index is 0.195. The molecule has 1 aromatic rings. The average Bonchev–Trinajstić information content (AvgIpc) is 2.40. The second kappa shape index (κ2) is 5.93. The van der Waals surface area contributed by atoms with E-state index in [1.54, 1.807) is 0 Å². The third-order valence-electron chi connectivity index (χ3n) is 4.16. The van der Waals surface area contributed by atoms with E-state index in [4.69, 9.17) is 4.74 Å². The number of hydrogen-bond donors (Lipinski definition) is 0. The van der Waals surface area contributed by atoms with Crippen molar-refractivity contribution in [3.63, 3.8) is 0 Å². The number of benzene rings is 1. The standard InChI is InChI=1S/C16H26N2O/c1-16(2,17(3)4)13-14-5-7-15(8-6-14)18-9-11-19-12-10-18/h5-8H,9-13H2,1-4H3. The normalized spacial score (nSPS) is 17.0. The number of hydrogen-bond acceptors (Lipinski definition) is 3. The zero-order chi connectivity index (χ0) is 13.9. The Labute approximate surface area is 117 Å². The maximum absolute atomic E-state index is 5.39. The fraction of sp³-hybridized carbons (Fsp3) is 0.625. The Balaban J connectivity index is 2.02. The highest BCUT2D eigenvalue weighted by Crippen LogP contribution is 2.21. The van der Waals surface area contributed by atoms with Crippen LogP contribution in [0, 0.1) is 0 Å². The molecule has 0 saturated carbocycles. The van der Waals surface area contributed by atoms with E-state index in [0.717, 1.165) is 32.7 Å². The Kier molecular flexibility index (Phi) is 4.48. The molecule has 106 valence electrons. The van der Waals surface area contributed by atoms with E-state index < -0.39 is 0 Å². The number of likely N-dealkylation sites (N-methyl/N-ethyl adjacent to an activating group) is 1. The van der Waals surface area contributed by atoms with Gasteiger partial charge >= 0.3 is 0 Å². The summed E-state index contributed by atoms with van der Waals surface area (Å²) >= 11 is 0. The Morgan fingerprint density at radius 1 is 1.11 bits per heavy atom. The molecule has 3 nitrogen and oxygen atoms in total. The maximum Gasteiger partial charge on any atom is 0.0642 e. The van der Waals surface area contributed by atoms with Crippen LogP contribution in [0.4, 0.5) is 5.69 Å². The highest BCUT2D eigenvalue weighted by Gasteiger charge is 2.20. The minimum Gasteiger partial charge on any atom is -0.378 e. The molecule has 0 radical (unpaired) electrons. The van der Waals surface area contributed by atoms with Gasteiger partial charge in [0.25, 0.3) is 0 Å². The molecule has 1 aliphatic rings. The molecule has 1 saturated heterocycles. The molecule has 1 aromatic carbocycles. The van der Waals surface area contributed by atoms with E-state index in [1.165, 1.54) is 11.3 Å². The lowest BCUT2D eigenvalue weighted by atomic mass is 9.93. The van der Waals surface area contributed by atoms with Crippen molar-refractivity contribution >= 4 is 5.69 Å². The molecule has 0 aromatic heterocycles. The molecule has 19 heavy (non-hydrogen) atoms.